The van der Waals surface area contributed by atoms with E-state index in [1.54, 1.807) is 0 Å². The summed E-state index contributed by atoms with van der Waals surface area (Å²) in [6.45, 7) is 0. The first kappa shape index (κ1) is 71.8. The van der Waals surface area contributed by atoms with Crippen LogP contribution in [-0.2, 0) is 0 Å². The van der Waals surface area contributed by atoms with E-state index in [1.165, 1.54) is 55.0 Å². The minimum atomic E-state index is 0.565. The summed E-state index contributed by atoms with van der Waals surface area (Å²) in [5.41, 5.74) is 27.1. The second-order valence-electron chi connectivity index (χ2n) is 30.3. The third kappa shape index (κ3) is 13.2. The Balaban J connectivity index is 0.000000112. The molecule has 122 heavy (non-hydrogen) atoms. The van der Waals surface area contributed by atoms with Gasteiger partial charge in [-0.25, -0.2) is 15.0 Å². The predicted molar refractivity (Wildman–Crippen MR) is 500 cm³/mol. The van der Waals surface area contributed by atoms with Crippen LogP contribution in [0.3, 0.4) is 0 Å². The van der Waals surface area contributed by atoms with E-state index < -0.39 is 0 Å². The van der Waals surface area contributed by atoms with Gasteiger partial charge in [0.15, 0.2) is 11.6 Å². The van der Waals surface area contributed by atoms with Crippen molar-refractivity contribution in [2.75, 3.05) is 0 Å². The highest BCUT2D eigenvalue weighted by molar-refractivity contribution is 6.13. The number of hydrogen-bond acceptors (Lipinski definition) is 8. The number of pyridine rings is 3. The summed E-state index contributed by atoms with van der Waals surface area (Å²) in [6.07, 6.45) is 9.52. The van der Waals surface area contributed by atoms with Crippen molar-refractivity contribution in [3.05, 3.63) is 437 Å². The standard InChI is InChI=1S/C47H31N3.C32H21N5.C31H20N4/c1-3-13-32(14-4-1)34-25-35(33-15-5-2-6-16-33)27-36(26-34)37-28-38(49-44-20-10-7-17-40(44)41-18-8-11-21-45(41)49)30-39(29-37)50-46-22-12-9-19-42(46)43-31-48-24-23-47(43)50;1-3-9-22(10-4-1)23-15-17-25(18-16-23)31-34-30(24-11-5-2-6-12-24)35-32(36-31)37-28-14-8-7-13-26(28)27-19-20-33-21-29(27)37;1-3-11-21(12-4-1)27-19-25-23-15-8-10-18-28(23)35(29(25)20-32-27)31-33-26-17-9-7-16-24(26)30(34-31)22-13-5-2-6-14-22/h1-31H;1-21H;1-20H. The van der Waals surface area contributed by atoms with E-state index in [2.05, 4.69) is 319 Å². The molecule has 0 atom stereocenters. The van der Waals surface area contributed by atoms with Gasteiger partial charge in [0, 0.05) is 101 Å². The summed E-state index contributed by atoms with van der Waals surface area (Å²) >= 11 is 0. The molecule has 0 bridgehead atoms. The molecule has 572 valence electrons. The highest BCUT2D eigenvalue weighted by Gasteiger charge is 2.23. The van der Waals surface area contributed by atoms with Gasteiger partial charge in [0.1, 0.15) is 0 Å². The lowest BCUT2D eigenvalue weighted by atomic mass is 9.93. The van der Waals surface area contributed by atoms with E-state index in [0.717, 1.165) is 133 Å². The summed E-state index contributed by atoms with van der Waals surface area (Å²) in [4.78, 5) is 38.7. The van der Waals surface area contributed by atoms with Crippen LogP contribution in [-0.4, -0.2) is 58.1 Å². The van der Waals surface area contributed by atoms with Crippen LogP contribution in [0, 0.1) is 0 Å². The molecule has 0 aliphatic rings. The molecule has 0 N–H and O–H groups in total. The SMILES string of the molecule is c1ccc(-c2cc(-c3ccccc3)cc(-c3cc(-n4c5ccccc5c5ccccc54)cc(-n4c5ccccc5c5cnccc54)c3)c2)cc1.c1ccc(-c2cc3c4ccccc4n(-c4nc(-c5ccccc5)c5ccccc5n4)c3cn2)cc1.c1ccc(-c2ccc(-c3nc(-c4ccccc4)nc(-n4c5ccccc5c5ccncc54)n3)cc2)cc1. The molecule has 9 aromatic heterocycles. The molecule has 0 aliphatic carbocycles. The summed E-state index contributed by atoms with van der Waals surface area (Å²) in [5, 5.41) is 10.4. The number of hydrogen-bond donors (Lipinski definition) is 0. The van der Waals surface area contributed by atoms with Crippen LogP contribution in [0.25, 0.3) is 211 Å². The molecule has 12 heteroatoms. The minimum Gasteiger partial charge on any atom is -0.309 e. The molecule has 0 spiro atoms. The van der Waals surface area contributed by atoms with E-state index >= 15 is 0 Å². The number of nitrogens with zero attached hydrogens (tertiary/aromatic N) is 12. The maximum absolute atomic E-state index is 5.12. The molecule has 0 radical (unpaired) electrons. The van der Waals surface area contributed by atoms with Gasteiger partial charge < -0.3 is 9.13 Å². The van der Waals surface area contributed by atoms with Gasteiger partial charge in [-0.05, 0) is 136 Å². The number of para-hydroxylation sites is 6. The Morgan fingerprint density at radius 3 is 1.05 bits per heavy atom. The summed E-state index contributed by atoms with van der Waals surface area (Å²) in [7, 11) is 0. The maximum Gasteiger partial charge on any atom is 0.238 e. The average molecular weight is 1560 g/mol. The zero-order valence-electron chi connectivity index (χ0n) is 65.9. The number of rotatable bonds is 12. The normalized spacial score (nSPS) is 11.4. The first-order valence-electron chi connectivity index (χ1n) is 40.8. The molecule has 0 fully saturated rings. The van der Waals surface area contributed by atoms with Crippen LogP contribution < -0.4 is 0 Å². The van der Waals surface area contributed by atoms with Gasteiger partial charge >= 0.3 is 0 Å². The van der Waals surface area contributed by atoms with E-state index in [0.29, 0.717) is 23.5 Å². The number of fused-ring (bicyclic) bond motifs is 13. The van der Waals surface area contributed by atoms with Gasteiger partial charge in [0.2, 0.25) is 11.9 Å². The van der Waals surface area contributed by atoms with Crippen LogP contribution >= 0.6 is 0 Å². The van der Waals surface area contributed by atoms with Crippen molar-refractivity contribution in [1.82, 2.24) is 58.1 Å². The van der Waals surface area contributed by atoms with Crippen LogP contribution in [0.15, 0.2) is 437 Å². The van der Waals surface area contributed by atoms with Crippen LogP contribution in [0.2, 0.25) is 0 Å². The van der Waals surface area contributed by atoms with E-state index in [1.807, 2.05) is 146 Å². The van der Waals surface area contributed by atoms with Crippen LogP contribution in [0.1, 0.15) is 0 Å². The van der Waals surface area contributed by atoms with Gasteiger partial charge in [0.05, 0.1) is 73.4 Å². The molecule has 15 aromatic carbocycles. The molecular formula is C110H72N12. The molecule has 0 saturated carbocycles. The van der Waals surface area contributed by atoms with Crippen molar-refractivity contribution in [2.45, 2.75) is 0 Å². The molecule has 12 nitrogen and oxygen atoms in total. The van der Waals surface area contributed by atoms with Crippen LogP contribution in [0.5, 0.6) is 0 Å². The highest BCUT2D eigenvalue weighted by Crippen LogP contribution is 2.42. The molecular weight excluding hydrogens is 1490 g/mol. The first-order chi connectivity index (χ1) is 60.5. The lowest BCUT2D eigenvalue weighted by molar-refractivity contribution is 0.951. The van der Waals surface area contributed by atoms with Gasteiger partial charge in [-0.3, -0.25) is 24.1 Å². The molecule has 0 amide bonds. The van der Waals surface area contributed by atoms with Gasteiger partial charge in [0.25, 0.3) is 0 Å². The zero-order valence-corrected chi connectivity index (χ0v) is 65.9. The fourth-order valence-electron chi connectivity index (χ4n) is 17.3. The van der Waals surface area contributed by atoms with Crippen molar-refractivity contribution in [1.29, 1.82) is 0 Å². The average Bonchev–Trinajstić information content (AvgIpc) is 1.58. The Labute approximate surface area is 702 Å². The zero-order chi connectivity index (χ0) is 80.8. The van der Waals surface area contributed by atoms with Crippen molar-refractivity contribution < 1.29 is 0 Å². The highest BCUT2D eigenvalue weighted by atomic mass is 15.2. The fraction of sp³-hybridized carbons (Fsp3) is 0. The third-order valence-electron chi connectivity index (χ3n) is 23.0. The van der Waals surface area contributed by atoms with Crippen molar-refractivity contribution in [2.24, 2.45) is 0 Å². The summed E-state index contributed by atoms with van der Waals surface area (Å²) in [6, 6.07) is 142. The summed E-state index contributed by atoms with van der Waals surface area (Å²) in [5.74, 6) is 2.46. The Hall–Kier alpha value is -16.7. The summed E-state index contributed by atoms with van der Waals surface area (Å²) < 4.78 is 9.03. The molecule has 9 heterocycles. The van der Waals surface area contributed by atoms with E-state index in [4.69, 9.17) is 29.9 Å². The first-order valence-corrected chi connectivity index (χ1v) is 40.8. The largest absolute Gasteiger partial charge is 0.309 e. The van der Waals surface area contributed by atoms with Crippen molar-refractivity contribution in [3.8, 4) is 113 Å². The Kier molecular flexibility index (Phi) is 18.3. The van der Waals surface area contributed by atoms with Crippen molar-refractivity contribution >= 4 is 98.1 Å². The second-order valence-corrected chi connectivity index (χ2v) is 30.3. The quantitative estimate of drug-likeness (QED) is 0.119. The van der Waals surface area contributed by atoms with Gasteiger partial charge in [-0.2, -0.15) is 9.97 Å². The second kappa shape index (κ2) is 31.1. The predicted octanol–water partition coefficient (Wildman–Crippen LogP) is 27.1. The Morgan fingerprint density at radius 2 is 0.525 bits per heavy atom. The molecule has 24 aromatic rings. The lowest BCUT2D eigenvalue weighted by Crippen LogP contribution is -2.06. The lowest BCUT2D eigenvalue weighted by Gasteiger charge is -2.17. The maximum atomic E-state index is 5.12. The Bertz CT molecular complexity index is 7700. The molecule has 0 aliphatic heterocycles. The van der Waals surface area contributed by atoms with E-state index in [9.17, 15) is 0 Å². The molecule has 0 unspecified atom stereocenters. The molecule has 24 rings (SSSR count). The van der Waals surface area contributed by atoms with Crippen LogP contribution in [0.4, 0.5) is 0 Å². The van der Waals surface area contributed by atoms with Gasteiger partial charge in [-0.15, -0.1) is 0 Å². The number of benzene rings is 15. The topological polar surface area (TPSA) is 123 Å². The van der Waals surface area contributed by atoms with E-state index in [-0.39, 0.29) is 0 Å². The van der Waals surface area contributed by atoms with Gasteiger partial charge in [-0.1, -0.05) is 315 Å². The number of aromatic nitrogens is 12. The fourth-order valence-corrected chi connectivity index (χ4v) is 17.3. The third-order valence-corrected chi connectivity index (χ3v) is 23.0. The monoisotopic (exact) mass is 1560 g/mol. The Morgan fingerprint density at radius 1 is 0.180 bits per heavy atom. The molecule has 0 saturated heterocycles. The van der Waals surface area contributed by atoms with Crippen molar-refractivity contribution in [3.63, 3.8) is 0 Å². The smallest absolute Gasteiger partial charge is 0.238 e. The minimum absolute atomic E-state index is 0.565.